The minimum atomic E-state index is -0.268. The van der Waals surface area contributed by atoms with Gasteiger partial charge in [0.15, 0.2) is 0 Å². The quantitative estimate of drug-likeness (QED) is 0.866. The first-order valence-electron chi connectivity index (χ1n) is 6.76. The van der Waals surface area contributed by atoms with Crippen LogP contribution in [0.5, 0.6) is 5.75 Å². The van der Waals surface area contributed by atoms with Crippen LogP contribution in [0.1, 0.15) is 24.8 Å². The molecule has 104 valence electrons. The van der Waals surface area contributed by atoms with Crippen molar-refractivity contribution in [3.8, 4) is 5.75 Å². The van der Waals surface area contributed by atoms with Crippen LogP contribution >= 0.6 is 0 Å². The third kappa shape index (κ3) is 3.70. The van der Waals surface area contributed by atoms with Gasteiger partial charge in [-0.25, -0.2) is 0 Å². The molecule has 0 bridgehead atoms. The van der Waals surface area contributed by atoms with Gasteiger partial charge in [0.05, 0.1) is 12.5 Å². The molecular weight excluding hydrogens is 242 g/mol. The minimum absolute atomic E-state index is 0.0182. The van der Waals surface area contributed by atoms with E-state index in [-0.39, 0.29) is 30.1 Å². The van der Waals surface area contributed by atoms with E-state index in [1.54, 1.807) is 30.1 Å². The van der Waals surface area contributed by atoms with Crippen molar-refractivity contribution in [2.24, 2.45) is 5.92 Å². The van der Waals surface area contributed by atoms with Gasteiger partial charge >= 0.3 is 0 Å². The van der Waals surface area contributed by atoms with Gasteiger partial charge in [0.2, 0.25) is 5.91 Å². The van der Waals surface area contributed by atoms with Gasteiger partial charge in [-0.1, -0.05) is 18.6 Å². The second kappa shape index (κ2) is 6.06. The fourth-order valence-electron chi connectivity index (χ4n) is 2.66. The monoisotopic (exact) mass is 263 g/mol. The number of phenols is 1. The van der Waals surface area contributed by atoms with Gasteiger partial charge in [-0.3, -0.25) is 4.79 Å². The third-order valence-electron chi connectivity index (χ3n) is 3.82. The van der Waals surface area contributed by atoms with Crippen LogP contribution in [0.3, 0.4) is 0 Å². The molecule has 1 fully saturated rings. The van der Waals surface area contributed by atoms with E-state index >= 15 is 0 Å². The minimum Gasteiger partial charge on any atom is -0.508 e. The van der Waals surface area contributed by atoms with E-state index in [1.165, 1.54) is 0 Å². The first-order chi connectivity index (χ1) is 9.06. The predicted molar refractivity (Wildman–Crippen MR) is 72.8 cm³/mol. The molecule has 1 aromatic rings. The summed E-state index contributed by atoms with van der Waals surface area (Å²) in [7, 11) is 1.77. The molecule has 1 aliphatic carbocycles. The van der Waals surface area contributed by atoms with Crippen molar-refractivity contribution in [1.82, 2.24) is 4.90 Å². The lowest BCUT2D eigenvalue weighted by Crippen LogP contribution is -2.35. The summed E-state index contributed by atoms with van der Waals surface area (Å²) in [4.78, 5) is 13.8. The van der Waals surface area contributed by atoms with Crippen LogP contribution in [-0.4, -0.2) is 40.7 Å². The fraction of sp³-hybridized carbons (Fsp3) is 0.533. The van der Waals surface area contributed by atoms with Crippen LogP contribution in [0.15, 0.2) is 24.3 Å². The molecule has 4 nitrogen and oxygen atoms in total. The third-order valence-corrected chi connectivity index (χ3v) is 3.82. The van der Waals surface area contributed by atoms with E-state index in [0.29, 0.717) is 6.54 Å². The smallest absolute Gasteiger partial charge is 0.226 e. The average Bonchev–Trinajstić information content (AvgIpc) is 2.75. The molecule has 2 unspecified atom stereocenters. The van der Waals surface area contributed by atoms with Crippen molar-refractivity contribution in [3.05, 3.63) is 29.8 Å². The predicted octanol–water partition coefficient (Wildman–Crippen LogP) is 1.55. The Balaban J connectivity index is 1.88. The first-order valence-corrected chi connectivity index (χ1v) is 6.76. The number of rotatable bonds is 4. The highest BCUT2D eigenvalue weighted by atomic mass is 16.3. The molecule has 1 aliphatic rings. The average molecular weight is 263 g/mol. The van der Waals surface area contributed by atoms with Crippen LogP contribution in [0.25, 0.3) is 0 Å². The molecule has 0 saturated heterocycles. The zero-order valence-corrected chi connectivity index (χ0v) is 11.2. The Morgan fingerprint density at radius 2 is 2.21 bits per heavy atom. The lowest BCUT2D eigenvalue weighted by molar-refractivity contribution is -0.130. The van der Waals surface area contributed by atoms with E-state index in [1.807, 2.05) is 6.07 Å². The van der Waals surface area contributed by atoms with E-state index in [4.69, 9.17) is 0 Å². The summed E-state index contributed by atoms with van der Waals surface area (Å²) < 4.78 is 0. The largest absolute Gasteiger partial charge is 0.508 e. The molecule has 0 aliphatic heterocycles. The number of nitrogens with zero attached hydrogens (tertiary/aromatic N) is 1. The summed E-state index contributed by atoms with van der Waals surface area (Å²) in [6.07, 6.45) is 2.90. The van der Waals surface area contributed by atoms with E-state index in [2.05, 4.69) is 0 Å². The van der Waals surface area contributed by atoms with E-state index in [9.17, 15) is 15.0 Å². The van der Waals surface area contributed by atoms with Crippen LogP contribution in [0.2, 0.25) is 0 Å². The zero-order chi connectivity index (χ0) is 13.8. The summed E-state index contributed by atoms with van der Waals surface area (Å²) in [5, 5.41) is 19.1. The van der Waals surface area contributed by atoms with E-state index < -0.39 is 0 Å². The van der Waals surface area contributed by atoms with Crippen molar-refractivity contribution in [2.75, 3.05) is 13.6 Å². The summed E-state index contributed by atoms with van der Waals surface area (Å²) in [5.74, 6) is 0.405. The highest BCUT2D eigenvalue weighted by Crippen LogP contribution is 2.26. The van der Waals surface area contributed by atoms with Crippen molar-refractivity contribution in [3.63, 3.8) is 0 Å². The first kappa shape index (κ1) is 13.9. The molecular formula is C15H21NO3. The van der Waals surface area contributed by atoms with Crippen molar-refractivity contribution in [1.29, 1.82) is 0 Å². The van der Waals surface area contributed by atoms with Crippen LogP contribution in [0.4, 0.5) is 0 Å². The number of aliphatic hydroxyl groups excluding tert-OH is 1. The van der Waals surface area contributed by atoms with E-state index in [0.717, 1.165) is 24.8 Å². The van der Waals surface area contributed by atoms with Gasteiger partial charge in [-0.15, -0.1) is 0 Å². The summed E-state index contributed by atoms with van der Waals surface area (Å²) >= 11 is 0. The Bertz CT molecular complexity index is 447. The molecule has 4 heteroatoms. The number of hydrogen-bond acceptors (Lipinski definition) is 3. The van der Waals surface area contributed by atoms with Crippen LogP contribution in [0, 0.1) is 5.92 Å². The molecule has 1 amide bonds. The maximum Gasteiger partial charge on any atom is 0.226 e. The molecule has 2 atom stereocenters. The van der Waals surface area contributed by atoms with Crippen molar-refractivity contribution < 1.29 is 15.0 Å². The number of likely N-dealkylation sites (N-methyl/N-ethyl adjacent to an activating group) is 1. The SMILES string of the molecule is CN(CC1CCCC1O)C(=O)Cc1cccc(O)c1. The van der Waals surface area contributed by atoms with Crippen LogP contribution in [-0.2, 0) is 11.2 Å². The Hall–Kier alpha value is -1.55. The number of aliphatic hydroxyl groups is 1. The van der Waals surface area contributed by atoms with Crippen molar-refractivity contribution in [2.45, 2.75) is 31.8 Å². The second-order valence-electron chi connectivity index (χ2n) is 5.38. The Morgan fingerprint density at radius 3 is 2.84 bits per heavy atom. The number of phenolic OH excluding ortho intramolecular Hbond substituents is 1. The molecule has 0 heterocycles. The highest BCUT2D eigenvalue weighted by Gasteiger charge is 2.27. The lowest BCUT2D eigenvalue weighted by atomic mass is 10.0. The Morgan fingerprint density at radius 1 is 1.42 bits per heavy atom. The normalized spacial score (nSPS) is 22.4. The molecule has 2 N–H and O–H groups in total. The number of carbonyl (C=O) groups excluding carboxylic acids is 1. The molecule has 0 spiro atoms. The topological polar surface area (TPSA) is 60.8 Å². The van der Waals surface area contributed by atoms with Crippen molar-refractivity contribution >= 4 is 5.91 Å². The Kier molecular flexibility index (Phi) is 4.43. The Labute approximate surface area is 113 Å². The number of aromatic hydroxyl groups is 1. The fourth-order valence-corrected chi connectivity index (χ4v) is 2.66. The maximum absolute atomic E-state index is 12.1. The molecule has 19 heavy (non-hydrogen) atoms. The second-order valence-corrected chi connectivity index (χ2v) is 5.38. The van der Waals surface area contributed by atoms with Gasteiger partial charge in [-0.05, 0) is 30.5 Å². The van der Waals surface area contributed by atoms with Gasteiger partial charge in [0, 0.05) is 19.5 Å². The van der Waals surface area contributed by atoms with Crippen LogP contribution < -0.4 is 0 Å². The van der Waals surface area contributed by atoms with Gasteiger partial charge in [-0.2, -0.15) is 0 Å². The maximum atomic E-state index is 12.1. The number of benzene rings is 1. The molecule has 1 saturated carbocycles. The lowest BCUT2D eigenvalue weighted by Gasteiger charge is -2.23. The number of amides is 1. The number of carbonyl (C=O) groups is 1. The zero-order valence-electron chi connectivity index (χ0n) is 11.2. The molecule has 0 aromatic heterocycles. The van der Waals surface area contributed by atoms with Gasteiger partial charge in [0.1, 0.15) is 5.75 Å². The molecule has 1 aromatic carbocycles. The van der Waals surface area contributed by atoms with Gasteiger partial charge < -0.3 is 15.1 Å². The van der Waals surface area contributed by atoms with Gasteiger partial charge in [0.25, 0.3) is 0 Å². The number of hydrogen-bond donors (Lipinski definition) is 2. The molecule has 0 radical (unpaired) electrons. The summed E-state index contributed by atoms with van der Waals surface area (Å²) in [6.45, 7) is 0.610. The highest BCUT2D eigenvalue weighted by molar-refractivity contribution is 5.78. The molecule has 2 rings (SSSR count). The summed E-state index contributed by atoms with van der Waals surface area (Å²) in [5.41, 5.74) is 0.809. The standard InChI is InChI=1S/C15H21NO3/c1-16(10-12-5-3-7-14(12)18)15(19)9-11-4-2-6-13(17)8-11/h2,4,6,8,12,14,17-18H,3,5,7,9-10H2,1H3. The summed E-state index contributed by atoms with van der Waals surface area (Å²) in [6, 6.07) is 6.76.